The van der Waals surface area contributed by atoms with Crippen LogP contribution in [0.25, 0.3) is 0 Å². The van der Waals surface area contributed by atoms with Crippen molar-refractivity contribution < 1.29 is 9.90 Å². The number of fused-ring (bicyclic) bond motifs is 1. The van der Waals surface area contributed by atoms with Crippen LogP contribution in [0.15, 0.2) is 24.3 Å². The van der Waals surface area contributed by atoms with Crippen molar-refractivity contribution in [3.8, 4) is 0 Å². The Morgan fingerprint density at radius 3 is 2.45 bits per heavy atom. The molecule has 0 saturated carbocycles. The molecule has 0 bridgehead atoms. The second kappa shape index (κ2) is 6.67. The van der Waals surface area contributed by atoms with E-state index >= 15 is 0 Å². The van der Waals surface area contributed by atoms with E-state index in [0.29, 0.717) is 19.1 Å². The summed E-state index contributed by atoms with van der Waals surface area (Å²) in [7, 11) is 0. The average Bonchev–Trinajstić information content (AvgIpc) is 3.09. The van der Waals surface area contributed by atoms with Gasteiger partial charge in [0, 0.05) is 38.8 Å². The lowest BCUT2D eigenvalue weighted by atomic mass is 10.1. The van der Waals surface area contributed by atoms with Crippen LogP contribution in [-0.2, 0) is 12.8 Å². The van der Waals surface area contributed by atoms with Gasteiger partial charge in [0.2, 0.25) is 0 Å². The molecule has 1 aromatic carbocycles. The predicted molar refractivity (Wildman–Crippen MR) is 85.9 cm³/mol. The largest absolute Gasteiger partial charge is 0.390 e. The zero-order valence-electron chi connectivity index (χ0n) is 13.2. The number of amides is 2. The Labute approximate surface area is 131 Å². The van der Waals surface area contributed by atoms with E-state index in [4.69, 9.17) is 0 Å². The topological polar surface area (TPSA) is 55.8 Å². The summed E-state index contributed by atoms with van der Waals surface area (Å²) in [4.78, 5) is 15.6. The van der Waals surface area contributed by atoms with Crippen molar-refractivity contribution in [1.82, 2.24) is 15.1 Å². The maximum atomic E-state index is 12.0. The van der Waals surface area contributed by atoms with Gasteiger partial charge >= 0.3 is 6.03 Å². The molecule has 2 N–H and O–H groups in total. The van der Waals surface area contributed by atoms with Gasteiger partial charge in [0.25, 0.3) is 0 Å². The Morgan fingerprint density at radius 2 is 1.86 bits per heavy atom. The van der Waals surface area contributed by atoms with Crippen molar-refractivity contribution in [3.05, 3.63) is 35.4 Å². The fraction of sp³-hybridized carbons (Fsp3) is 0.588. The quantitative estimate of drug-likeness (QED) is 0.819. The van der Waals surface area contributed by atoms with E-state index in [0.717, 1.165) is 32.5 Å². The van der Waals surface area contributed by atoms with E-state index in [9.17, 15) is 9.90 Å². The highest BCUT2D eigenvalue weighted by Crippen LogP contribution is 2.21. The zero-order chi connectivity index (χ0) is 15.5. The number of hydrogen-bond acceptors (Lipinski definition) is 3. The number of nitrogens with one attached hydrogen (secondary N) is 1. The van der Waals surface area contributed by atoms with Gasteiger partial charge in [-0.15, -0.1) is 0 Å². The standard InChI is InChI=1S/C17H25N3O2/c1-2-19-7-8-20(17(19)22)12-16(21)11-18-15-9-13-5-3-4-6-14(13)10-15/h3-6,15-16,18,21H,2,7-12H2,1H3. The number of hydrogen-bond donors (Lipinski definition) is 2. The normalized spacial score (nSPS) is 19.8. The van der Waals surface area contributed by atoms with Crippen LogP contribution >= 0.6 is 0 Å². The van der Waals surface area contributed by atoms with Crippen LogP contribution < -0.4 is 5.32 Å². The van der Waals surface area contributed by atoms with Crippen LogP contribution in [0.1, 0.15) is 18.1 Å². The summed E-state index contributed by atoms with van der Waals surface area (Å²) in [6, 6.07) is 8.96. The number of benzene rings is 1. The lowest BCUT2D eigenvalue weighted by Gasteiger charge is -2.22. The maximum absolute atomic E-state index is 12.0. The number of likely N-dealkylation sites (N-methyl/N-ethyl adjacent to an activating group) is 1. The number of aliphatic hydroxyl groups is 1. The summed E-state index contributed by atoms with van der Waals surface area (Å²) < 4.78 is 0. The molecule has 1 aromatic rings. The van der Waals surface area contributed by atoms with Crippen LogP contribution in [0.3, 0.4) is 0 Å². The van der Waals surface area contributed by atoms with Gasteiger partial charge in [-0.3, -0.25) is 0 Å². The fourth-order valence-corrected chi connectivity index (χ4v) is 3.42. The summed E-state index contributed by atoms with van der Waals surface area (Å²) in [5, 5.41) is 13.6. The smallest absolute Gasteiger partial charge is 0.320 e. The van der Waals surface area contributed by atoms with Gasteiger partial charge in [-0.1, -0.05) is 24.3 Å². The monoisotopic (exact) mass is 303 g/mol. The van der Waals surface area contributed by atoms with Crippen molar-refractivity contribution in [1.29, 1.82) is 0 Å². The third kappa shape index (κ3) is 3.25. The minimum absolute atomic E-state index is 0.0508. The van der Waals surface area contributed by atoms with Crippen molar-refractivity contribution in [2.75, 3.05) is 32.7 Å². The van der Waals surface area contributed by atoms with Gasteiger partial charge in [0.05, 0.1) is 6.10 Å². The summed E-state index contributed by atoms with van der Waals surface area (Å²) in [6.07, 6.45) is 1.54. The molecule has 3 rings (SSSR count). The predicted octanol–water partition coefficient (Wildman–Crippen LogP) is 0.862. The van der Waals surface area contributed by atoms with E-state index in [-0.39, 0.29) is 6.03 Å². The van der Waals surface area contributed by atoms with Crippen LogP contribution in [0.5, 0.6) is 0 Å². The molecule has 1 heterocycles. The van der Waals surface area contributed by atoms with E-state index in [1.165, 1.54) is 11.1 Å². The third-order valence-corrected chi connectivity index (χ3v) is 4.69. The van der Waals surface area contributed by atoms with Gasteiger partial charge in [-0.2, -0.15) is 0 Å². The fourth-order valence-electron chi connectivity index (χ4n) is 3.42. The molecular formula is C17H25N3O2. The molecule has 1 aliphatic heterocycles. The molecule has 2 aliphatic rings. The molecule has 0 aromatic heterocycles. The van der Waals surface area contributed by atoms with Crippen molar-refractivity contribution in [2.45, 2.75) is 31.9 Å². The first-order chi connectivity index (χ1) is 10.7. The minimum Gasteiger partial charge on any atom is -0.390 e. The molecule has 1 saturated heterocycles. The second-order valence-corrected chi connectivity index (χ2v) is 6.24. The molecule has 120 valence electrons. The van der Waals surface area contributed by atoms with Crippen molar-refractivity contribution in [3.63, 3.8) is 0 Å². The summed E-state index contributed by atoms with van der Waals surface area (Å²) in [5.74, 6) is 0. The summed E-state index contributed by atoms with van der Waals surface area (Å²) >= 11 is 0. The maximum Gasteiger partial charge on any atom is 0.320 e. The van der Waals surface area contributed by atoms with Crippen LogP contribution in [0.2, 0.25) is 0 Å². The van der Waals surface area contributed by atoms with E-state index in [1.54, 1.807) is 4.90 Å². The number of nitrogens with zero attached hydrogens (tertiary/aromatic N) is 2. The first-order valence-electron chi connectivity index (χ1n) is 8.19. The molecule has 5 nitrogen and oxygen atoms in total. The van der Waals surface area contributed by atoms with Crippen LogP contribution in [-0.4, -0.2) is 65.8 Å². The molecule has 22 heavy (non-hydrogen) atoms. The van der Waals surface area contributed by atoms with Gasteiger partial charge in [-0.25, -0.2) is 4.79 Å². The van der Waals surface area contributed by atoms with Crippen molar-refractivity contribution in [2.24, 2.45) is 0 Å². The number of rotatable bonds is 6. The number of β-amino-alcohol motifs (C(OH)–C–C–N with tert-alkyl or cyclic N) is 1. The number of urea groups is 1. The molecule has 1 fully saturated rings. The minimum atomic E-state index is -0.510. The molecule has 1 atom stereocenters. The molecule has 1 unspecified atom stereocenters. The number of aliphatic hydroxyl groups excluding tert-OH is 1. The lowest BCUT2D eigenvalue weighted by Crippen LogP contribution is -2.43. The zero-order valence-corrected chi connectivity index (χ0v) is 13.2. The highest BCUT2D eigenvalue weighted by atomic mass is 16.3. The number of carbonyl (C=O) groups excluding carboxylic acids is 1. The van der Waals surface area contributed by atoms with Gasteiger partial charge in [0.1, 0.15) is 0 Å². The Morgan fingerprint density at radius 1 is 1.23 bits per heavy atom. The molecule has 2 amide bonds. The SMILES string of the molecule is CCN1CCN(CC(O)CNC2Cc3ccccc3C2)C1=O. The third-order valence-electron chi connectivity index (χ3n) is 4.69. The summed E-state index contributed by atoms with van der Waals surface area (Å²) in [5.41, 5.74) is 2.81. The molecule has 1 aliphatic carbocycles. The summed E-state index contributed by atoms with van der Waals surface area (Å²) in [6.45, 7) is 5.17. The van der Waals surface area contributed by atoms with E-state index in [2.05, 4.69) is 29.6 Å². The van der Waals surface area contributed by atoms with Crippen LogP contribution in [0.4, 0.5) is 4.79 Å². The first-order valence-corrected chi connectivity index (χ1v) is 8.19. The van der Waals surface area contributed by atoms with E-state index in [1.807, 2.05) is 11.8 Å². The Kier molecular flexibility index (Phi) is 4.64. The second-order valence-electron chi connectivity index (χ2n) is 6.24. The molecule has 0 spiro atoms. The van der Waals surface area contributed by atoms with Gasteiger partial charge in [0.15, 0.2) is 0 Å². The Bertz CT molecular complexity index is 509. The van der Waals surface area contributed by atoms with Crippen LogP contribution in [0, 0.1) is 0 Å². The first kappa shape index (κ1) is 15.3. The average molecular weight is 303 g/mol. The molecule has 5 heteroatoms. The Balaban J connectivity index is 1.42. The Hall–Kier alpha value is -1.59. The molecule has 0 radical (unpaired) electrons. The number of carbonyl (C=O) groups is 1. The lowest BCUT2D eigenvalue weighted by molar-refractivity contribution is 0.123. The van der Waals surface area contributed by atoms with Gasteiger partial charge in [-0.05, 0) is 30.9 Å². The van der Waals surface area contributed by atoms with Crippen molar-refractivity contribution >= 4 is 6.03 Å². The van der Waals surface area contributed by atoms with E-state index < -0.39 is 6.10 Å². The highest BCUT2D eigenvalue weighted by Gasteiger charge is 2.29. The molecular weight excluding hydrogens is 278 g/mol. The highest BCUT2D eigenvalue weighted by molar-refractivity contribution is 5.76. The van der Waals surface area contributed by atoms with Gasteiger partial charge < -0.3 is 20.2 Å².